The number of carbonyl (C=O) groups is 4. The Morgan fingerprint density at radius 2 is 1.73 bits per heavy atom. The van der Waals surface area contributed by atoms with Gasteiger partial charge in [-0.05, 0) is 25.5 Å². The number of amides is 2. The second-order valence-corrected chi connectivity index (χ2v) is 6.19. The first-order valence-electron chi connectivity index (χ1n) is 9.06. The lowest BCUT2D eigenvalue weighted by atomic mass is 9.95. The van der Waals surface area contributed by atoms with E-state index in [9.17, 15) is 32.3 Å². The zero-order chi connectivity index (χ0) is 22.9. The third-order valence-electron chi connectivity index (χ3n) is 3.93. The highest BCUT2D eigenvalue weighted by molar-refractivity contribution is 5.93. The average molecular weight is 432 g/mol. The molecule has 30 heavy (non-hydrogen) atoms. The van der Waals surface area contributed by atoms with Crippen LogP contribution in [0.4, 0.5) is 13.2 Å². The topological polar surface area (TPSA) is 125 Å². The zero-order valence-electron chi connectivity index (χ0n) is 16.5. The van der Waals surface area contributed by atoms with Crippen LogP contribution in [0.5, 0.6) is 0 Å². The maximum absolute atomic E-state index is 12.8. The molecule has 0 heterocycles. The Balaban J connectivity index is 3.01. The van der Waals surface area contributed by atoms with E-state index in [1.807, 2.05) is 0 Å². The molecule has 1 aromatic carbocycles. The van der Waals surface area contributed by atoms with Gasteiger partial charge in [0.1, 0.15) is 6.04 Å². The Labute approximate surface area is 170 Å². The van der Waals surface area contributed by atoms with Crippen LogP contribution in [0.15, 0.2) is 24.3 Å². The van der Waals surface area contributed by atoms with E-state index in [-0.39, 0.29) is 18.8 Å². The standard InChI is InChI=1S/C19H23F3N2O6/c1-3-29-15(26)10-13(18(28)30-4-2)16(17(23)27)24-14(25)9-11-6-5-7-12(8-11)19(20,21)22/h5-8,13,16H,3-4,9-10H2,1-2H3,(H2,23,27)(H,24,25)/t13-,16-/m1/s1. The van der Waals surface area contributed by atoms with E-state index in [1.165, 1.54) is 13.0 Å². The minimum Gasteiger partial charge on any atom is -0.466 e. The molecular formula is C19H23F3N2O6. The maximum atomic E-state index is 12.8. The fourth-order valence-electron chi connectivity index (χ4n) is 2.62. The highest BCUT2D eigenvalue weighted by Crippen LogP contribution is 2.29. The molecule has 0 radical (unpaired) electrons. The van der Waals surface area contributed by atoms with Crippen molar-refractivity contribution >= 4 is 23.8 Å². The van der Waals surface area contributed by atoms with E-state index < -0.39 is 60.3 Å². The van der Waals surface area contributed by atoms with Crippen molar-refractivity contribution in [2.45, 2.75) is 38.9 Å². The van der Waals surface area contributed by atoms with Crippen LogP contribution in [0.25, 0.3) is 0 Å². The molecule has 1 aromatic rings. The Hall–Kier alpha value is -3.11. The van der Waals surface area contributed by atoms with E-state index in [0.29, 0.717) is 0 Å². The zero-order valence-corrected chi connectivity index (χ0v) is 16.5. The highest BCUT2D eigenvalue weighted by atomic mass is 19.4. The Bertz CT molecular complexity index is 782. The number of nitrogens with one attached hydrogen (secondary N) is 1. The predicted molar refractivity (Wildman–Crippen MR) is 97.6 cm³/mol. The van der Waals surface area contributed by atoms with Crippen LogP contribution >= 0.6 is 0 Å². The Morgan fingerprint density at radius 3 is 2.27 bits per heavy atom. The van der Waals surface area contributed by atoms with Gasteiger partial charge in [-0.25, -0.2) is 0 Å². The lowest BCUT2D eigenvalue weighted by molar-refractivity contribution is -0.157. The van der Waals surface area contributed by atoms with Gasteiger partial charge in [0.2, 0.25) is 11.8 Å². The summed E-state index contributed by atoms with van der Waals surface area (Å²) >= 11 is 0. The summed E-state index contributed by atoms with van der Waals surface area (Å²) in [7, 11) is 0. The van der Waals surface area contributed by atoms with Gasteiger partial charge in [-0.1, -0.05) is 18.2 Å². The van der Waals surface area contributed by atoms with Crippen LogP contribution in [-0.2, 0) is 41.2 Å². The van der Waals surface area contributed by atoms with Gasteiger partial charge in [0, 0.05) is 0 Å². The molecule has 2 atom stereocenters. The highest BCUT2D eigenvalue weighted by Gasteiger charge is 2.37. The van der Waals surface area contributed by atoms with Gasteiger partial charge in [-0.15, -0.1) is 0 Å². The summed E-state index contributed by atoms with van der Waals surface area (Å²) in [6, 6.07) is 2.46. The van der Waals surface area contributed by atoms with Crippen LogP contribution in [0.2, 0.25) is 0 Å². The molecule has 0 aliphatic heterocycles. The number of carbonyl (C=O) groups excluding carboxylic acids is 4. The first-order chi connectivity index (χ1) is 14.0. The molecule has 8 nitrogen and oxygen atoms in total. The number of primary amides is 1. The number of ether oxygens (including phenoxy) is 2. The van der Waals surface area contributed by atoms with Crippen molar-refractivity contribution in [3.05, 3.63) is 35.4 Å². The van der Waals surface area contributed by atoms with Crippen LogP contribution in [0.3, 0.4) is 0 Å². The maximum Gasteiger partial charge on any atom is 0.416 e. The average Bonchev–Trinajstić information content (AvgIpc) is 2.64. The summed E-state index contributed by atoms with van der Waals surface area (Å²) in [6.45, 7) is 3.02. The molecule has 1 rings (SSSR count). The van der Waals surface area contributed by atoms with E-state index in [1.54, 1.807) is 6.92 Å². The lowest BCUT2D eigenvalue weighted by Gasteiger charge is -2.23. The first kappa shape index (κ1) is 24.9. The molecule has 2 amide bonds. The van der Waals surface area contributed by atoms with Crippen LogP contribution in [-0.4, -0.2) is 43.0 Å². The summed E-state index contributed by atoms with van der Waals surface area (Å²) in [5.41, 5.74) is 4.37. The molecule has 0 unspecified atom stereocenters. The molecular weight excluding hydrogens is 409 g/mol. The van der Waals surface area contributed by atoms with Gasteiger partial charge < -0.3 is 20.5 Å². The predicted octanol–water partition coefficient (Wildman–Crippen LogP) is 1.35. The van der Waals surface area contributed by atoms with Gasteiger partial charge >= 0.3 is 18.1 Å². The molecule has 11 heteroatoms. The molecule has 3 N–H and O–H groups in total. The normalized spacial score (nSPS) is 13.1. The van der Waals surface area contributed by atoms with Crippen molar-refractivity contribution in [2.75, 3.05) is 13.2 Å². The molecule has 0 fully saturated rings. The number of nitrogens with two attached hydrogens (primary N) is 1. The minimum atomic E-state index is -4.59. The molecule has 0 aromatic heterocycles. The molecule has 0 saturated carbocycles. The van der Waals surface area contributed by atoms with Crippen LogP contribution in [0, 0.1) is 5.92 Å². The van der Waals surface area contributed by atoms with E-state index >= 15 is 0 Å². The van der Waals surface area contributed by atoms with Crippen molar-refractivity contribution in [3.8, 4) is 0 Å². The smallest absolute Gasteiger partial charge is 0.416 e. The van der Waals surface area contributed by atoms with Crippen molar-refractivity contribution in [2.24, 2.45) is 11.7 Å². The Morgan fingerprint density at radius 1 is 1.10 bits per heavy atom. The van der Waals surface area contributed by atoms with Crippen molar-refractivity contribution in [1.29, 1.82) is 0 Å². The third-order valence-corrected chi connectivity index (χ3v) is 3.93. The van der Waals surface area contributed by atoms with E-state index in [2.05, 4.69) is 5.32 Å². The molecule has 0 aliphatic carbocycles. The monoisotopic (exact) mass is 432 g/mol. The number of esters is 2. The quantitative estimate of drug-likeness (QED) is 0.538. The van der Waals surface area contributed by atoms with Gasteiger partial charge in [0.15, 0.2) is 0 Å². The molecule has 0 saturated heterocycles. The number of hydrogen-bond acceptors (Lipinski definition) is 6. The molecule has 166 valence electrons. The minimum absolute atomic E-state index is 0.0253. The second-order valence-electron chi connectivity index (χ2n) is 6.19. The van der Waals surface area contributed by atoms with Crippen molar-refractivity contribution in [1.82, 2.24) is 5.32 Å². The fourth-order valence-corrected chi connectivity index (χ4v) is 2.62. The van der Waals surface area contributed by atoms with Gasteiger partial charge in [-0.3, -0.25) is 19.2 Å². The van der Waals surface area contributed by atoms with Gasteiger partial charge in [0.05, 0.1) is 37.5 Å². The lowest BCUT2D eigenvalue weighted by Crippen LogP contribution is -2.52. The number of halogens is 3. The summed E-state index contributed by atoms with van der Waals surface area (Å²) in [6.07, 6.45) is -5.68. The number of alkyl halides is 3. The van der Waals surface area contributed by atoms with Crippen molar-refractivity contribution < 1.29 is 41.8 Å². The third kappa shape index (κ3) is 7.72. The van der Waals surface area contributed by atoms with Gasteiger partial charge in [0.25, 0.3) is 0 Å². The second kappa shape index (κ2) is 11.2. The summed E-state index contributed by atoms with van der Waals surface area (Å²) in [4.78, 5) is 48.2. The number of rotatable bonds is 10. The Kier molecular flexibility index (Phi) is 9.28. The SMILES string of the molecule is CCOC(=O)C[C@@H](C(=O)OCC)[C@@H](NC(=O)Cc1cccc(C(F)(F)F)c1)C(N)=O. The van der Waals surface area contributed by atoms with E-state index in [4.69, 9.17) is 15.2 Å². The number of benzene rings is 1. The van der Waals surface area contributed by atoms with Crippen LogP contribution in [0.1, 0.15) is 31.4 Å². The first-order valence-corrected chi connectivity index (χ1v) is 9.06. The van der Waals surface area contributed by atoms with Crippen molar-refractivity contribution in [3.63, 3.8) is 0 Å². The van der Waals surface area contributed by atoms with E-state index in [0.717, 1.165) is 18.2 Å². The molecule has 0 aliphatic rings. The summed E-state index contributed by atoms with van der Waals surface area (Å²) in [5.74, 6) is -5.19. The van der Waals surface area contributed by atoms with Gasteiger partial charge in [-0.2, -0.15) is 13.2 Å². The molecule has 0 spiro atoms. The largest absolute Gasteiger partial charge is 0.466 e. The fraction of sp³-hybridized carbons (Fsp3) is 0.474. The summed E-state index contributed by atoms with van der Waals surface area (Å²) in [5, 5.41) is 2.21. The summed E-state index contributed by atoms with van der Waals surface area (Å²) < 4.78 is 48.0. The molecule has 0 bridgehead atoms. The number of hydrogen-bond donors (Lipinski definition) is 2. The van der Waals surface area contributed by atoms with Crippen LogP contribution < -0.4 is 11.1 Å².